The van der Waals surface area contributed by atoms with Gasteiger partial charge in [-0.15, -0.1) is 0 Å². The lowest BCUT2D eigenvalue weighted by molar-refractivity contribution is -0.132. The first-order chi connectivity index (χ1) is 9.70. The molecule has 1 aromatic rings. The largest absolute Gasteiger partial charge is 0.354 e. The van der Waals surface area contributed by atoms with E-state index in [0.29, 0.717) is 19.6 Å². The molecule has 0 atom stereocenters. The molecule has 20 heavy (non-hydrogen) atoms. The van der Waals surface area contributed by atoms with Gasteiger partial charge in [-0.1, -0.05) is 6.58 Å². The van der Waals surface area contributed by atoms with E-state index in [9.17, 15) is 9.59 Å². The van der Waals surface area contributed by atoms with Gasteiger partial charge in [0.05, 0.1) is 0 Å². The Morgan fingerprint density at radius 3 is 2.50 bits per heavy atom. The molecule has 0 aliphatic carbocycles. The van der Waals surface area contributed by atoms with E-state index in [1.807, 2.05) is 29.1 Å². The van der Waals surface area contributed by atoms with Crippen molar-refractivity contribution in [1.82, 2.24) is 14.8 Å². The molecule has 0 radical (unpaired) electrons. The van der Waals surface area contributed by atoms with Crippen LogP contribution in [-0.4, -0.2) is 40.9 Å². The Morgan fingerprint density at radius 1 is 1.25 bits per heavy atom. The normalized spacial score (nSPS) is 15.9. The number of aromatic nitrogens is 1. The molecule has 1 aromatic heterocycles. The molecule has 0 saturated carbocycles. The van der Waals surface area contributed by atoms with Crippen LogP contribution in [0.2, 0.25) is 0 Å². The van der Waals surface area contributed by atoms with Crippen molar-refractivity contribution < 1.29 is 9.59 Å². The van der Waals surface area contributed by atoms with Gasteiger partial charge in [0.1, 0.15) is 0 Å². The first kappa shape index (κ1) is 14.4. The van der Waals surface area contributed by atoms with Crippen LogP contribution in [0.3, 0.4) is 0 Å². The van der Waals surface area contributed by atoms with Crippen molar-refractivity contribution in [3.05, 3.63) is 37.2 Å². The van der Waals surface area contributed by atoms with E-state index in [2.05, 4.69) is 11.9 Å². The number of rotatable bonds is 5. The highest BCUT2D eigenvalue weighted by atomic mass is 16.2. The van der Waals surface area contributed by atoms with Crippen LogP contribution in [-0.2, 0) is 16.1 Å². The Hall–Kier alpha value is -2.04. The SMILES string of the molecule is C=CC(=O)N1CCC(C(=O)NCCn2cccc2)CC1. The first-order valence-electron chi connectivity index (χ1n) is 7.00. The van der Waals surface area contributed by atoms with Crippen LogP contribution in [0.1, 0.15) is 12.8 Å². The summed E-state index contributed by atoms with van der Waals surface area (Å²) in [5, 5.41) is 2.97. The smallest absolute Gasteiger partial charge is 0.245 e. The molecule has 0 bridgehead atoms. The highest BCUT2D eigenvalue weighted by Gasteiger charge is 2.25. The number of carbonyl (C=O) groups is 2. The van der Waals surface area contributed by atoms with Gasteiger partial charge >= 0.3 is 0 Å². The van der Waals surface area contributed by atoms with Crippen LogP contribution >= 0.6 is 0 Å². The molecule has 0 aromatic carbocycles. The summed E-state index contributed by atoms with van der Waals surface area (Å²) >= 11 is 0. The number of hydrogen-bond donors (Lipinski definition) is 1. The van der Waals surface area contributed by atoms with E-state index in [4.69, 9.17) is 0 Å². The summed E-state index contributed by atoms with van der Waals surface area (Å²) in [6.45, 7) is 6.18. The van der Waals surface area contributed by atoms with Gasteiger partial charge in [0.2, 0.25) is 11.8 Å². The minimum atomic E-state index is -0.0449. The molecule has 1 aliphatic rings. The van der Waals surface area contributed by atoms with Gasteiger partial charge in [-0.3, -0.25) is 9.59 Å². The second-order valence-corrected chi connectivity index (χ2v) is 5.02. The predicted molar refractivity (Wildman–Crippen MR) is 76.9 cm³/mol. The second kappa shape index (κ2) is 6.93. The fraction of sp³-hybridized carbons (Fsp3) is 0.467. The molecule has 1 N–H and O–H groups in total. The number of amides is 2. The average molecular weight is 275 g/mol. The van der Waals surface area contributed by atoms with Crippen molar-refractivity contribution in [2.45, 2.75) is 19.4 Å². The van der Waals surface area contributed by atoms with E-state index >= 15 is 0 Å². The minimum absolute atomic E-state index is 0.0218. The van der Waals surface area contributed by atoms with Crippen molar-refractivity contribution in [2.75, 3.05) is 19.6 Å². The standard InChI is InChI=1S/C15H21N3O2/c1-2-14(19)18-10-5-13(6-11-18)15(20)16-7-12-17-8-3-4-9-17/h2-4,8-9,13H,1,5-7,10-12H2,(H,16,20). The Morgan fingerprint density at radius 2 is 1.90 bits per heavy atom. The van der Waals surface area contributed by atoms with Gasteiger partial charge in [-0.05, 0) is 31.1 Å². The molecule has 0 unspecified atom stereocenters. The first-order valence-corrected chi connectivity index (χ1v) is 7.00. The highest BCUT2D eigenvalue weighted by Crippen LogP contribution is 2.17. The zero-order valence-corrected chi connectivity index (χ0v) is 11.6. The van der Waals surface area contributed by atoms with Crippen LogP contribution in [0.15, 0.2) is 37.2 Å². The highest BCUT2D eigenvalue weighted by molar-refractivity contribution is 5.87. The molecule has 1 saturated heterocycles. The van der Waals surface area contributed by atoms with Gasteiger partial charge in [-0.2, -0.15) is 0 Å². The lowest BCUT2D eigenvalue weighted by Gasteiger charge is -2.30. The third-order valence-electron chi connectivity index (χ3n) is 3.69. The number of nitrogens with zero attached hydrogens (tertiary/aromatic N) is 2. The van der Waals surface area contributed by atoms with Gasteiger partial charge in [0.25, 0.3) is 0 Å². The van der Waals surface area contributed by atoms with Crippen molar-refractivity contribution in [3.63, 3.8) is 0 Å². The fourth-order valence-corrected chi connectivity index (χ4v) is 2.46. The van der Waals surface area contributed by atoms with E-state index in [0.717, 1.165) is 19.4 Å². The van der Waals surface area contributed by atoms with Crippen molar-refractivity contribution in [2.24, 2.45) is 5.92 Å². The lowest BCUT2D eigenvalue weighted by atomic mass is 9.96. The van der Waals surface area contributed by atoms with E-state index in [-0.39, 0.29) is 17.7 Å². The molecule has 2 rings (SSSR count). The summed E-state index contributed by atoms with van der Waals surface area (Å²) in [6.07, 6.45) is 6.75. The topological polar surface area (TPSA) is 54.3 Å². The average Bonchev–Trinajstić information content (AvgIpc) is 2.99. The van der Waals surface area contributed by atoms with Gasteiger partial charge in [0.15, 0.2) is 0 Å². The third-order valence-corrected chi connectivity index (χ3v) is 3.69. The minimum Gasteiger partial charge on any atom is -0.354 e. The van der Waals surface area contributed by atoms with E-state index in [1.165, 1.54) is 6.08 Å². The zero-order chi connectivity index (χ0) is 14.4. The summed E-state index contributed by atoms with van der Waals surface area (Å²) in [4.78, 5) is 25.2. The number of likely N-dealkylation sites (tertiary alicyclic amines) is 1. The number of piperidine rings is 1. The van der Waals surface area contributed by atoms with Crippen LogP contribution in [0.4, 0.5) is 0 Å². The summed E-state index contributed by atoms with van der Waals surface area (Å²) in [5.41, 5.74) is 0. The molecule has 5 heteroatoms. The van der Waals surface area contributed by atoms with Crippen LogP contribution in [0, 0.1) is 5.92 Å². The molecule has 5 nitrogen and oxygen atoms in total. The maximum atomic E-state index is 12.0. The van der Waals surface area contributed by atoms with E-state index < -0.39 is 0 Å². The summed E-state index contributed by atoms with van der Waals surface area (Å²) in [5.74, 6) is 0.0767. The second-order valence-electron chi connectivity index (χ2n) is 5.02. The van der Waals surface area contributed by atoms with Crippen molar-refractivity contribution in [3.8, 4) is 0 Å². The quantitative estimate of drug-likeness (QED) is 0.816. The Labute approximate surface area is 119 Å². The molecule has 2 heterocycles. The predicted octanol–water partition coefficient (Wildman–Crippen LogP) is 1.03. The maximum Gasteiger partial charge on any atom is 0.245 e. The molecule has 2 amide bonds. The van der Waals surface area contributed by atoms with E-state index in [1.54, 1.807) is 4.90 Å². The molecular formula is C15H21N3O2. The molecule has 108 valence electrons. The number of hydrogen-bond acceptors (Lipinski definition) is 2. The Kier molecular flexibility index (Phi) is 4.98. The van der Waals surface area contributed by atoms with Gasteiger partial charge < -0.3 is 14.8 Å². The van der Waals surface area contributed by atoms with Crippen LogP contribution < -0.4 is 5.32 Å². The maximum absolute atomic E-state index is 12.0. The van der Waals surface area contributed by atoms with Crippen LogP contribution in [0.25, 0.3) is 0 Å². The summed E-state index contributed by atoms with van der Waals surface area (Å²) < 4.78 is 2.03. The van der Waals surface area contributed by atoms with Gasteiger partial charge in [-0.25, -0.2) is 0 Å². The van der Waals surface area contributed by atoms with Crippen LogP contribution in [0.5, 0.6) is 0 Å². The fourth-order valence-electron chi connectivity index (χ4n) is 2.46. The Bertz CT molecular complexity index is 459. The summed E-state index contributed by atoms with van der Waals surface area (Å²) in [6, 6.07) is 3.93. The lowest BCUT2D eigenvalue weighted by Crippen LogP contribution is -2.42. The number of carbonyl (C=O) groups excluding carboxylic acids is 2. The van der Waals surface area contributed by atoms with Crippen molar-refractivity contribution >= 4 is 11.8 Å². The van der Waals surface area contributed by atoms with Crippen molar-refractivity contribution in [1.29, 1.82) is 0 Å². The summed E-state index contributed by atoms with van der Waals surface area (Å²) in [7, 11) is 0. The Balaban J connectivity index is 1.69. The monoisotopic (exact) mass is 275 g/mol. The molecule has 1 aliphatic heterocycles. The van der Waals surface area contributed by atoms with Gasteiger partial charge in [0, 0.05) is 44.5 Å². The molecule has 0 spiro atoms. The molecular weight excluding hydrogens is 254 g/mol. The zero-order valence-electron chi connectivity index (χ0n) is 11.6. The third kappa shape index (κ3) is 3.73. The molecule has 1 fully saturated rings. The number of nitrogens with one attached hydrogen (secondary N) is 1.